The van der Waals surface area contributed by atoms with Crippen LogP contribution in [0.5, 0.6) is 5.75 Å². The Hall–Kier alpha value is -2.16. The van der Waals surface area contributed by atoms with Gasteiger partial charge >= 0.3 is 0 Å². The highest BCUT2D eigenvalue weighted by molar-refractivity contribution is 5.92. The zero-order valence-corrected chi connectivity index (χ0v) is 18.2. The first-order chi connectivity index (χ1) is 12.6. The van der Waals surface area contributed by atoms with Crippen molar-refractivity contribution in [2.24, 2.45) is 0 Å². The van der Waals surface area contributed by atoms with Crippen molar-refractivity contribution < 1.29 is 4.74 Å². The summed E-state index contributed by atoms with van der Waals surface area (Å²) in [6, 6.07) is 8.74. The molecule has 3 nitrogen and oxygen atoms in total. The molecule has 2 aliphatic rings. The summed E-state index contributed by atoms with van der Waals surface area (Å²) in [7, 11) is 1.75. The van der Waals surface area contributed by atoms with Gasteiger partial charge in [0.2, 0.25) is 0 Å². The molecule has 2 aliphatic heterocycles. The summed E-state index contributed by atoms with van der Waals surface area (Å²) in [4.78, 5) is 5.14. The average molecular weight is 365 g/mol. The van der Waals surface area contributed by atoms with E-state index in [1.165, 1.54) is 39.3 Å². The van der Waals surface area contributed by atoms with Gasteiger partial charge in [0, 0.05) is 22.2 Å². The van der Waals surface area contributed by atoms with E-state index in [0.717, 1.165) is 5.75 Å². The van der Waals surface area contributed by atoms with Crippen LogP contribution in [-0.2, 0) is 5.41 Å². The molecule has 3 heteroatoms. The highest BCUT2D eigenvalue weighted by Gasteiger charge is 2.58. The molecule has 4 rings (SSSR count). The van der Waals surface area contributed by atoms with Gasteiger partial charge in [0.15, 0.2) is 0 Å². The predicted octanol–water partition coefficient (Wildman–Crippen LogP) is 5.99. The van der Waals surface area contributed by atoms with Gasteiger partial charge in [0.25, 0.3) is 0 Å². The van der Waals surface area contributed by atoms with Gasteiger partial charge in [-0.1, -0.05) is 19.9 Å². The molecular weight excluding hydrogens is 332 g/mol. The lowest BCUT2D eigenvalue weighted by Gasteiger charge is -2.46. The summed E-state index contributed by atoms with van der Waals surface area (Å²) in [5.41, 5.74) is 9.61. The van der Waals surface area contributed by atoms with E-state index in [1.54, 1.807) is 7.11 Å². The Balaban J connectivity index is 2.04. The van der Waals surface area contributed by atoms with E-state index in [0.29, 0.717) is 0 Å². The van der Waals surface area contributed by atoms with Crippen molar-refractivity contribution in [1.29, 1.82) is 0 Å². The highest BCUT2D eigenvalue weighted by atomic mass is 16.5. The zero-order valence-electron chi connectivity index (χ0n) is 18.2. The van der Waals surface area contributed by atoms with Gasteiger partial charge in [0.05, 0.1) is 18.5 Å². The number of hydrogen-bond donors (Lipinski definition) is 0. The fourth-order valence-corrected chi connectivity index (χ4v) is 5.35. The summed E-state index contributed by atoms with van der Waals surface area (Å²) in [6.45, 7) is 18.6. The second kappa shape index (κ2) is 5.43. The van der Waals surface area contributed by atoms with E-state index in [2.05, 4.69) is 83.4 Å². The third-order valence-electron chi connectivity index (χ3n) is 7.54. The fourth-order valence-electron chi connectivity index (χ4n) is 5.35. The first-order valence-corrected chi connectivity index (χ1v) is 9.92. The van der Waals surface area contributed by atoms with Crippen LogP contribution in [0.1, 0.15) is 56.9 Å². The van der Waals surface area contributed by atoms with E-state index in [-0.39, 0.29) is 17.1 Å². The van der Waals surface area contributed by atoms with Crippen LogP contribution in [0.4, 0.5) is 17.1 Å². The molecule has 0 amide bonds. The van der Waals surface area contributed by atoms with Crippen LogP contribution in [0.3, 0.4) is 0 Å². The van der Waals surface area contributed by atoms with Crippen molar-refractivity contribution in [2.75, 3.05) is 16.9 Å². The molecule has 0 aliphatic carbocycles. The number of methoxy groups -OCH3 is 1. The molecule has 0 aromatic heterocycles. The molecule has 0 bridgehead atoms. The molecular formula is C24H32N2O. The SMILES string of the molecule is COc1cccc(N2c3cc(C)c(C)c4c3N([C@@H]2C)C(C)(C)C4(C)C)c1C. The van der Waals surface area contributed by atoms with Gasteiger partial charge < -0.3 is 14.5 Å². The quantitative estimate of drug-likeness (QED) is 0.650. The van der Waals surface area contributed by atoms with Crippen molar-refractivity contribution in [1.82, 2.24) is 0 Å². The van der Waals surface area contributed by atoms with Crippen molar-refractivity contribution in [3.8, 4) is 5.75 Å². The Labute approximate surface area is 163 Å². The molecule has 0 spiro atoms. The maximum atomic E-state index is 5.61. The van der Waals surface area contributed by atoms with Crippen LogP contribution < -0.4 is 14.5 Å². The number of ether oxygens (including phenoxy) is 1. The van der Waals surface area contributed by atoms with Gasteiger partial charge in [-0.3, -0.25) is 0 Å². The Morgan fingerprint density at radius 3 is 2.26 bits per heavy atom. The van der Waals surface area contributed by atoms with Gasteiger partial charge in [-0.25, -0.2) is 0 Å². The summed E-state index contributed by atoms with van der Waals surface area (Å²) in [5, 5.41) is 0. The minimum atomic E-state index is 0.0313. The van der Waals surface area contributed by atoms with E-state index < -0.39 is 0 Å². The first kappa shape index (κ1) is 18.2. The van der Waals surface area contributed by atoms with E-state index in [1.807, 2.05) is 6.07 Å². The van der Waals surface area contributed by atoms with Crippen LogP contribution >= 0.6 is 0 Å². The summed E-state index contributed by atoms with van der Waals surface area (Å²) in [6.07, 6.45) is 0.252. The fraction of sp³-hybridized carbons (Fsp3) is 0.500. The molecule has 0 radical (unpaired) electrons. The van der Waals surface area contributed by atoms with Crippen LogP contribution in [-0.4, -0.2) is 18.8 Å². The Morgan fingerprint density at radius 1 is 0.963 bits per heavy atom. The molecule has 27 heavy (non-hydrogen) atoms. The minimum absolute atomic E-state index is 0.0313. The molecule has 144 valence electrons. The Kier molecular flexibility index (Phi) is 3.67. The maximum Gasteiger partial charge on any atom is 0.123 e. The number of hydrogen-bond acceptors (Lipinski definition) is 3. The van der Waals surface area contributed by atoms with Gasteiger partial charge in [0.1, 0.15) is 11.9 Å². The smallest absolute Gasteiger partial charge is 0.123 e. The zero-order chi connectivity index (χ0) is 19.9. The third-order valence-corrected chi connectivity index (χ3v) is 7.54. The Morgan fingerprint density at radius 2 is 1.63 bits per heavy atom. The molecule has 2 heterocycles. The summed E-state index contributed by atoms with van der Waals surface area (Å²) >= 11 is 0. The lowest BCUT2D eigenvalue weighted by molar-refractivity contribution is 0.297. The second-order valence-corrected chi connectivity index (χ2v) is 9.22. The Bertz CT molecular complexity index is 942. The summed E-state index contributed by atoms with van der Waals surface area (Å²) in [5.74, 6) is 0.945. The second-order valence-electron chi connectivity index (χ2n) is 9.22. The van der Waals surface area contributed by atoms with Gasteiger partial charge in [-0.05, 0) is 76.4 Å². The predicted molar refractivity (Wildman–Crippen MR) is 115 cm³/mol. The monoisotopic (exact) mass is 364 g/mol. The number of aryl methyl sites for hydroxylation is 1. The van der Waals surface area contributed by atoms with E-state index in [9.17, 15) is 0 Å². The molecule has 0 N–H and O–H groups in total. The number of rotatable bonds is 2. The van der Waals surface area contributed by atoms with Crippen LogP contribution in [0.2, 0.25) is 0 Å². The van der Waals surface area contributed by atoms with Crippen molar-refractivity contribution in [3.63, 3.8) is 0 Å². The summed E-state index contributed by atoms with van der Waals surface area (Å²) < 4.78 is 5.61. The number of benzene rings is 2. The molecule has 0 fully saturated rings. The van der Waals surface area contributed by atoms with Crippen LogP contribution in [0.25, 0.3) is 0 Å². The van der Waals surface area contributed by atoms with Crippen molar-refractivity contribution in [2.45, 2.75) is 72.5 Å². The molecule has 2 aromatic carbocycles. The molecule has 2 aromatic rings. The molecule has 1 atom stereocenters. The molecule has 0 saturated heterocycles. The van der Waals surface area contributed by atoms with Gasteiger partial charge in [-0.15, -0.1) is 0 Å². The molecule has 0 unspecified atom stereocenters. The minimum Gasteiger partial charge on any atom is -0.496 e. The third kappa shape index (κ3) is 2.03. The van der Waals surface area contributed by atoms with Crippen molar-refractivity contribution >= 4 is 17.1 Å². The standard InChI is InChI=1S/C24H32N2O/c1-14-13-19-22-21(15(14)2)23(5,6)24(7,8)26(22)17(4)25(19)18-11-10-12-20(27-9)16(18)3/h10-13,17H,1-9H3/t17-/m1/s1. The number of nitrogens with zero attached hydrogens (tertiary/aromatic N) is 2. The normalized spacial score (nSPS) is 21.6. The lowest BCUT2D eigenvalue weighted by Crippen LogP contribution is -2.56. The largest absolute Gasteiger partial charge is 0.496 e. The van der Waals surface area contributed by atoms with Crippen LogP contribution in [0.15, 0.2) is 24.3 Å². The van der Waals surface area contributed by atoms with Gasteiger partial charge in [-0.2, -0.15) is 0 Å². The van der Waals surface area contributed by atoms with E-state index in [4.69, 9.17) is 4.74 Å². The maximum absolute atomic E-state index is 5.61. The van der Waals surface area contributed by atoms with E-state index >= 15 is 0 Å². The lowest BCUT2D eigenvalue weighted by atomic mass is 9.70. The van der Waals surface area contributed by atoms with Crippen molar-refractivity contribution in [3.05, 3.63) is 46.5 Å². The highest BCUT2D eigenvalue weighted by Crippen LogP contribution is 2.62. The topological polar surface area (TPSA) is 15.7 Å². The first-order valence-electron chi connectivity index (χ1n) is 9.92. The average Bonchev–Trinajstić information content (AvgIpc) is 2.96. The number of anilines is 3. The molecule has 0 saturated carbocycles. The van der Waals surface area contributed by atoms with Crippen LogP contribution in [0, 0.1) is 20.8 Å².